The largest absolute Gasteiger partial charge is 0.396 e. The van der Waals surface area contributed by atoms with Crippen molar-refractivity contribution in [3.05, 3.63) is 96.1 Å². The first-order valence-electron chi connectivity index (χ1n) is 9.78. The van der Waals surface area contributed by atoms with Gasteiger partial charge in [-0.25, -0.2) is 4.98 Å². The van der Waals surface area contributed by atoms with Gasteiger partial charge in [-0.3, -0.25) is 4.79 Å². The van der Waals surface area contributed by atoms with Crippen molar-refractivity contribution in [2.45, 2.75) is 19.4 Å². The second-order valence-electron chi connectivity index (χ2n) is 6.98. The van der Waals surface area contributed by atoms with Crippen LogP contribution in [0.25, 0.3) is 22.2 Å². The molecule has 0 radical (unpaired) electrons. The number of benzene rings is 3. The Morgan fingerprint density at radius 2 is 1.55 bits per heavy atom. The van der Waals surface area contributed by atoms with Gasteiger partial charge in [0, 0.05) is 10.9 Å². The van der Waals surface area contributed by atoms with Crippen molar-refractivity contribution in [1.29, 1.82) is 0 Å². The van der Waals surface area contributed by atoms with E-state index < -0.39 is 0 Å². The molecule has 0 fully saturated rings. The minimum absolute atomic E-state index is 0.0878. The average Bonchev–Trinajstić information content (AvgIpc) is 2.78. The lowest BCUT2D eigenvalue weighted by Crippen LogP contribution is -2.29. The topological polar surface area (TPSA) is 68.0 Å². The predicted octanol–water partition coefficient (Wildman–Crippen LogP) is 5.37. The molecule has 0 aliphatic rings. The van der Waals surface area contributed by atoms with Gasteiger partial charge in [-0.2, -0.15) is 0 Å². The fraction of sp³-hybridized carbons (Fsp3) is 0.120. The molecule has 1 amide bonds. The van der Waals surface area contributed by atoms with Crippen LogP contribution in [0.3, 0.4) is 0 Å². The van der Waals surface area contributed by atoms with E-state index >= 15 is 0 Å². The zero-order valence-electron chi connectivity index (χ0n) is 16.3. The third-order valence-electron chi connectivity index (χ3n) is 5.12. The zero-order chi connectivity index (χ0) is 20.2. The van der Waals surface area contributed by atoms with Gasteiger partial charge in [-0.15, -0.1) is 0 Å². The van der Waals surface area contributed by atoms with Crippen LogP contribution in [0, 0.1) is 0 Å². The van der Waals surface area contributed by atoms with Crippen LogP contribution in [-0.2, 0) is 0 Å². The third kappa shape index (κ3) is 3.69. The van der Waals surface area contributed by atoms with Crippen LogP contribution >= 0.6 is 0 Å². The van der Waals surface area contributed by atoms with E-state index in [1.54, 1.807) is 0 Å². The molecule has 3 aromatic carbocycles. The van der Waals surface area contributed by atoms with Crippen LogP contribution in [0.2, 0.25) is 0 Å². The van der Waals surface area contributed by atoms with Gasteiger partial charge in [0.1, 0.15) is 0 Å². The van der Waals surface area contributed by atoms with E-state index in [1.807, 2.05) is 84.9 Å². The Kier molecular flexibility index (Phi) is 5.25. The number of nitrogen functional groups attached to an aromatic ring is 1. The lowest BCUT2D eigenvalue weighted by Gasteiger charge is -2.20. The highest BCUT2D eigenvalue weighted by Crippen LogP contribution is 2.32. The first kappa shape index (κ1) is 18.7. The maximum atomic E-state index is 13.4. The molecular formula is C25H23N3O. The molecule has 1 heterocycles. The number of nitrogens with two attached hydrogens (primary N) is 1. The molecule has 4 rings (SSSR count). The fourth-order valence-corrected chi connectivity index (χ4v) is 3.62. The molecule has 4 heteroatoms. The summed E-state index contributed by atoms with van der Waals surface area (Å²) in [5.41, 5.74) is 10.7. The van der Waals surface area contributed by atoms with E-state index in [0.717, 1.165) is 28.5 Å². The van der Waals surface area contributed by atoms with Gasteiger partial charge in [-0.1, -0.05) is 85.8 Å². The van der Waals surface area contributed by atoms with Crippen LogP contribution in [-0.4, -0.2) is 10.9 Å². The maximum Gasteiger partial charge on any atom is 0.254 e. The first-order chi connectivity index (χ1) is 14.2. The van der Waals surface area contributed by atoms with Crippen LogP contribution in [0.5, 0.6) is 0 Å². The Morgan fingerprint density at radius 3 is 2.24 bits per heavy atom. The Morgan fingerprint density at radius 1 is 0.931 bits per heavy atom. The van der Waals surface area contributed by atoms with Crippen LogP contribution in [0.15, 0.2) is 84.9 Å². The quantitative estimate of drug-likeness (QED) is 0.489. The Bertz CT molecular complexity index is 1140. The molecule has 1 aromatic heterocycles. The Balaban J connectivity index is 1.82. The number of aromatic nitrogens is 1. The lowest BCUT2D eigenvalue weighted by molar-refractivity contribution is 0.0938. The summed E-state index contributed by atoms with van der Waals surface area (Å²) in [4.78, 5) is 18.1. The normalized spacial score (nSPS) is 11.9. The molecule has 4 aromatic rings. The number of hydrogen-bond acceptors (Lipinski definition) is 3. The molecule has 1 atom stereocenters. The number of rotatable bonds is 5. The number of para-hydroxylation sites is 1. The second kappa shape index (κ2) is 8.15. The second-order valence-corrected chi connectivity index (χ2v) is 6.98. The van der Waals surface area contributed by atoms with E-state index in [1.165, 1.54) is 0 Å². The molecular weight excluding hydrogens is 358 g/mol. The van der Waals surface area contributed by atoms with Crippen molar-refractivity contribution in [1.82, 2.24) is 10.3 Å². The Labute approximate surface area is 170 Å². The van der Waals surface area contributed by atoms with Crippen molar-refractivity contribution in [3.63, 3.8) is 0 Å². The minimum atomic E-state index is -0.186. The summed E-state index contributed by atoms with van der Waals surface area (Å²) in [5.74, 6) is -0.186. The standard InChI is InChI=1S/C25H23N3O/c1-2-20(17-11-5-3-6-12-17)28-25(29)22-19-15-9-10-16-21(19)27-24(23(22)26)18-13-7-4-8-14-18/h3-16,20H,2,26H2,1H3,(H,28,29)/t20-/m0/s1. The fourth-order valence-electron chi connectivity index (χ4n) is 3.62. The molecule has 0 saturated heterocycles. The van der Waals surface area contributed by atoms with Crippen molar-refractivity contribution < 1.29 is 4.79 Å². The minimum Gasteiger partial charge on any atom is -0.396 e. The first-order valence-corrected chi connectivity index (χ1v) is 9.78. The summed E-state index contributed by atoms with van der Waals surface area (Å²) < 4.78 is 0. The molecule has 0 aliphatic carbocycles. The number of nitrogens with one attached hydrogen (secondary N) is 1. The number of pyridine rings is 1. The van der Waals surface area contributed by atoms with Gasteiger partial charge >= 0.3 is 0 Å². The maximum absolute atomic E-state index is 13.4. The average molecular weight is 381 g/mol. The zero-order valence-corrected chi connectivity index (χ0v) is 16.3. The Hall–Kier alpha value is -3.66. The molecule has 0 spiro atoms. The molecule has 0 aliphatic heterocycles. The summed E-state index contributed by atoms with van der Waals surface area (Å²) in [5, 5.41) is 3.92. The van der Waals surface area contributed by atoms with Crippen molar-refractivity contribution in [2.24, 2.45) is 0 Å². The number of fused-ring (bicyclic) bond motifs is 1. The van der Waals surface area contributed by atoms with Gasteiger partial charge < -0.3 is 11.1 Å². The monoisotopic (exact) mass is 381 g/mol. The molecule has 3 N–H and O–H groups in total. The number of carbonyl (C=O) groups is 1. The van der Waals surface area contributed by atoms with Crippen LogP contribution in [0.1, 0.15) is 35.3 Å². The highest BCUT2D eigenvalue weighted by molar-refractivity contribution is 6.12. The van der Waals surface area contributed by atoms with E-state index in [9.17, 15) is 4.79 Å². The van der Waals surface area contributed by atoms with Gasteiger partial charge in [0.05, 0.1) is 28.5 Å². The number of hydrogen-bond donors (Lipinski definition) is 2. The summed E-state index contributed by atoms with van der Waals surface area (Å²) in [6.07, 6.45) is 0.782. The highest BCUT2D eigenvalue weighted by atomic mass is 16.1. The van der Waals surface area contributed by atoms with Crippen LogP contribution < -0.4 is 11.1 Å². The van der Waals surface area contributed by atoms with Crippen molar-refractivity contribution in [3.8, 4) is 11.3 Å². The molecule has 0 saturated carbocycles. The SMILES string of the molecule is CC[C@H](NC(=O)c1c(N)c(-c2ccccc2)nc2ccccc12)c1ccccc1. The number of amides is 1. The summed E-state index contributed by atoms with van der Waals surface area (Å²) in [6, 6.07) is 27.2. The van der Waals surface area contributed by atoms with Gasteiger partial charge in [0.25, 0.3) is 5.91 Å². The molecule has 4 nitrogen and oxygen atoms in total. The van der Waals surface area contributed by atoms with E-state index in [4.69, 9.17) is 10.7 Å². The van der Waals surface area contributed by atoms with E-state index in [-0.39, 0.29) is 11.9 Å². The van der Waals surface area contributed by atoms with Crippen LogP contribution in [0.4, 0.5) is 5.69 Å². The predicted molar refractivity (Wildman–Crippen MR) is 119 cm³/mol. The van der Waals surface area contributed by atoms with E-state index in [0.29, 0.717) is 16.9 Å². The van der Waals surface area contributed by atoms with Crippen molar-refractivity contribution >= 4 is 22.5 Å². The van der Waals surface area contributed by atoms with Crippen molar-refractivity contribution in [2.75, 3.05) is 5.73 Å². The highest BCUT2D eigenvalue weighted by Gasteiger charge is 2.22. The van der Waals surface area contributed by atoms with Gasteiger partial charge in [0.2, 0.25) is 0 Å². The lowest BCUT2D eigenvalue weighted by atomic mass is 9.99. The molecule has 29 heavy (non-hydrogen) atoms. The molecule has 144 valence electrons. The summed E-state index contributed by atoms with van der Waals surface area (Å²) in [6.45, 7) is 2.06. The summed E-state index contributed by atoms with van der Waals surface area (Å²) in [7, 11) is 0. The van der Waals surface area contributed by atoms with Gasteiger partial charge in [-0.05, 0) is 18.1 Å². The molecule has 0 unspecified atom stereocenters. The smallest absolute Gasteiger partial charge is 0.254 e. The number of anilines is 1. The number of nitrogens with zero attached hydrogens (tertiary/aromatic N) is 1. The van der Waals surface area contributed by atoms with E-state index in [2.05, 4.69) is 12.2 Å². The molecule has 0 bridgehead atoms. The summed E-state index contributed by atoms with van der Waals surface area (Å²) >= 11 is 0. The third-order valence-corrected chi connectivity index (χ3v) is 5.12. The number of carbonyl (C=O) groups excluding carboxylic acids is 1. The van der Waals surface area contributed by atoms with Gasteiger partial charge in [0.15, 0.2) is 0 Å².